The second kappa shape index (κ2) is 5.32. The fraction of sp³-hybridized carbons (Fsp3) is 0.462. The molecule has 1 unspecified atom stereocenters. The van der Waals surface area contributed by atoms with Crippen molar-refractivity contribution in [2.75, 3.05) is 18.0 Å². The Hall–Kier alpha value is -1.76. The first-order valence-corrected chi connectivity index (χ1v) is 6.27. The number of halogens is 3. The van der Waals surface area contributed by atoms with Crippen LogP contribution in [0, 0.1) is 5.92 Å². The molecule has 110 valence electrons. The van der Waals surface area contributed by atoms with Crippen molar-refractivity contribution in [3.8, 4) is 0 Å². The van der Waals surface area contributed by atoms with E-state index in [-0.39, 0.29) is 18.0 Å². The van der Waals surface area contributed by atoms with Crippen molar-refractivity contribution in [1.29, 1.82) is 0 Å². The van der Waals surface area contributed by atoms with E-state index in [4.69, 9.17) is 11.5 Å². The Morgan fingerprint density at radius 3 is 2.60 bits per heavy atom. The first-order valence-electron chi connectivity index (χ1n) is 6.27. The third kappa shape index (κ3) is 2.87. The molecule has 1 aliphatic heterocycles. The van der Waals surface area contributed by atoms with Gasteiger partial charge in [-0.2, -0.15) is 13.2 Å². The van der Waals surface area contributed by atoms with E-state index in [9.17, 15) is 18.0 Å². The van der Waals surface area contributed by atoms with Gasteiger partial charge in [0, 0.05) is 25.3 Å². The van der Waals surface area contributed by atoms with Crippen LogP contribution in [0.2, 0.25) is 0 Å². The minimum absolute atomic E-state index is 0.0619. The highest BCUT2D eigenvalue weighted by Gasteiger charge is 2.34. The van der Waals surface area contributed by atoms with Crippen molar-refractivity contribution >= 4 is 11.6 Å². The minimum atomic E-state index is -4.44. The summed E-state index contributed by atoms with van der Waals surface area (Å²) in [6.45, 7) is 0.709. The number of hydrogen-bond acceptors (Lipinski definition) is 3. The molecule has 20 heavy (non-hydrogen) atoms. The van der Waals surface area contributed by atoms with E-state index in [1.807, 2.05) is 0 Å². The van der Waals surface area contributed by atoms with Crippen LogP contribution in [0.1, 0.15) is 17.5 Å². The van der Waals surface area contributed by atoms with E-state index in [1.165, 1.54) is 6.07 Å². The number of anilines is 1. The fourth-order valence-corrected chi connectivity index (χ4v) is 2.43. The average Bonchev–Trinajstić information content (AvgIpc) is 2.86. The van der Waals surface area contributed by atoms with Crippen LogP contribution in [-0.4, -0.2) is 19.0 Å². The fourth-order valence-electron chi connectivity index (χ4n) is 2.43. The summed E-state index contributed by atoms with van der Waals surface area (Å²) in [4.78, 5) is 12.8. The summed E-state index contributed by atoms with van der Waals surface area (Å²) in [5.74, 6) is -0.722. The number of primary amides is 1. The Labute approximate surface area is 114 Å². The maximum atomic E-state index is 13.0. The largest absolute Gasteiger partial charge is 0.416 e. The van der Waals surface area contributed by atoms with Gasteiger partial charge in [-0.25, -0.2) is 0 Å². The van der Waals surface area contributed by atoms with Crippen LogP contribution in [0.25, 0.3) is 0 Å². The molecule has 1 aromatic carbocycles. The molecule has 0 radical (unpaired) electrons. The highest BCUT2D eigenvalue weighted by Crippen LogP contribution is 2.35. The second-order valence-electron chi connectivity index (χ2n) is 4.88. The van der Waals surface area contributed by atoms with E-state index < -0.39 is 17.6 Å². The molecule has 1 saturated heterocycles. The van der Waals surface area contributed by atoms with Gasteiger partial charge in [0.2, 0.25) is 5.91 Å². The zero-order valence-corrected chi connectivity index (χ0v) is 10.8. The Kier molecular flexibility index (Phi) is 3.89. The van der Waals surface area contributed by atoms with E-state index in [2.05, 4.69) is 0 Å². The van der Waals surface area contributed by atoms with Gasteiger partial charge in [-0.3, -0.25) is 4.79 Å². The lowest BCUT2D eigenvalue weighted by molar-refractivity contribution is -0.138. The molecule has 1 aromatic rings. The number of nitrogens with zero attached hydrogens (tertiary/aromatic N) is 1. The molecular weight excluding hydrogens is 271 g/mol. The molecule has 1 atom stereocenters. The van der Waals surface area contributed by atoms with Crippen LogP contribution in [0.5, 0.6) is 0 Å². The van der Waals surface area contributed by atoms with Gasteiger partial charge in [0.15, 0.2) is 0 Å². The summed E-state index contributed by atoms with van der Waals surface area (Å²) in [6.07, 6.45) is -3.87. The lowest BCUT2D eigenvalue weighted by Gasteiger charge is -2.21. The Balaban J connectivity index is 2.28. The molecule has 0 aromatic heterocycles. The summed E-state index contributed by atoms with van der Waals surface area (Å²) in [7, 11) is 0. The molecular formula is C13H16F3N3O. The van der Waals surface area contributed by atoms with Crippen LogP contribution in [0.4, 0.5) is 18.9 Å². The lowest BCUT2D eigenvalue weighted by atomic mass is 10.1. The third-order valence-electron chi connectivity index (χ3n) is 3.57. The first-order chi connectivity index (χ1) is 9.32. The van der Waals surface area contributed by atoms with E-state index in [0.717, 1.165) is 6.07 Å². The third-order valence-corrected chi connectivity index (χ3v) is 3.57. The molecule has 4 nitrogen and oxygen atoms in total. The molecule has 1 amide bonds. The van der Waals surface area contributed by atoms with Crippen molar-refractivity contribution < 1.29 is 18.0 Å². The monoisotopic (exact) mass is 287 g/mol. The Morgan fingerprint density at radius 2 is 2.10 bits per heavy atom. The lowest BCUT2D eigenvalue weighted by Crippen LogP contribution is -2.27. The Bertz CT molecular complexity index is 516. The zero-order valence-electron chi connectivity index (χ0n) is 10.8. The predicted octanol–water partition coefficient (Wildman–Crippen LogP) is 1.48. The van der Waals surface area contributed by atoms with Crippen LogP contribution in [0.3, 0.4) is 0 Å². The van der Waals surface area contributed by atoms with Crippen molar-refractivity contribution in [2.24, 2.45) is 17.4 Å². The van der Waals surface area contributed by atoms with E-state index in [1.54, 1.807) is 11.0 Å². The molecule has 2 rings (SSSR count). The number of nitrogens with two attached hydrogens (primary N) is 2. The summed E-state index contributed by atoms with van der Waals surface area (Å²) < 4.78 is 38.9. The van der Waals surface area contributed by atoms with Gasteiger partial charge in [-0.15, -0.1) is 0 Å². The maximum Gasteiger partial charge on any atom is 0.416 e. The van der Waals surface area contributed by atoms with Gasteiger partial charge < -0.3 is 16.4 Å². The number of rotatable bonds is 3. The van der Waals surface area contributed by atoms with Crippen LogP contribution < -0.4 is 16.4 Å². The Morgan fingerprint density at radius 1 is 1.40 bits per heavy atom. The molecule has 0 aliphatic carbocycles. The van der Waals surface area contributed by atoms with Crippen LogP contribution in [-0.2, 0) is 17.5 Å². The van der Waals surface area contributed by atoms with Crippen molar-refractivity contribution in [1.82, 2.24) is 0 Å². The van der Waals surface area contributed by atoms with Gasteiger partial charge in [-0.05, 0) is 24.1 Å². The number of carbonyl (C=O) groups is 1. The van der Waals surface area contributed by atoms with Gasteiger partial charge in [0.1, 0.15) is 0 Å². The first kappa shape index (κ1) is 14.6. The normalized spacial score (nSPS) is 19.4. The maximum absolute atomic E-state index is 13.0. The number of carbonyl (C=O) groups excluding carboxylic acids is 1. The molecule has 1 aliphatic rings. The highest BCUT2D eigenvalue weighted by molar-refractivity contribution is 5.78. The van der Waals surface area contributed by atoms with E-state index >= 15 is 0 Å². The summed E-state index contributed by atoms with van der Waals surface area (Å²) in [6, 6.07) is 4.07. The summed E-state index contributed by atoms with van der Waals surface area (Å²) >= 11 is 0. The zero-order chi connectivity index (χ0) is 14.9. The molecule has 1 heterocycles. The van der Waals surface area contributed by atoms with Crippen LogP contribution in [0.15, 0.2) is 18.2 Å². The van der Waals surface area contributed by atoms with Crippen molar-refractivity contribution in [3.63, 3.8) is 0 Å². The number of benzene rings is 1. The topological polar surface area (TPSA) is 72.3 Å². The minimum Gasteiger partial charge on any atom is -0.371 e. The quantitative estimate of drug-likeness (QED) is 0.884. The van der Waals surface area contributed by atoms with Gasteiger partial charge >= 0.3 is 6.18 Å². The molecule has 0 saturated carbocycles. The molecule has 1 fully saturated rings. The second-order valence-corrected chi connectivity index (χ2v) is 4.88. The smallest absolute Gasteiger partial charge is 0.371 e. The van der Waals surface area contributed by atoms with Crippen LogP contribution >= 0.6 is 0 Å². The predicted molar refractivity (Wildman–Crippen MR) is 68.8 cm³/mol. The summed E-state index contributed by atoms with van der Waals surface area (Å²) in [5.41, 5.74) is 10.3. The molecule has 7 heteroatoms. The van der Waals surface area contributed by atoms with Gasteiger partial charge in [0.25, 0.3) is 0 Å². The van der Waals surface area contributed by atoms with E-state index in [0.29, 0.717) is 25.2 Å². The van der Waals surface area contributed by atoms with Crippen molar-refractivity contribution in [2.45, 2.75) is 19.1 Å². The van der Waals surface area contributed by atoms with Gasteiger partial charge in [-0.1, -0.05) is 6.07 Å². The number of amides is 1. The summed E-state index contributed by atoms with van der Waals surface area (Å²) in [5, 5.41) is 0. The molecule has 4 N–H and O–H groups in total. The average molecular weight is 287 g/mol. The standard InChI is InChI=1S/C13H16F3N3O/c14-13(15,16)11-5-10(2-1-8(11)6-17)19-4-3-9(7-19)12(18)20/h1-2,5,9H,3-4,6-7,17H2,(H2,18,20). The molecule has 0 bridgehead atoms. The number of hydrogen-bond donors (Lipinski definition) is 2. The SMILES string of the molecule is NCc1ccc(N2CCC(C(N)=O)C2)cc1C(F)(F)F. The van der Waals surface area contributed by atoms with Gasteiger partial charge in [0.05, 0.1) is 11.5 Å². The highest BCUT2D eigenvalue weighted by atomic mass is 19.4. The number of alkyl halides is 3. The molecule has 0 spiro atoms. The van der Waals surface area contributed by atoms with Crippen molar-refractivity contribution in [3.05, 3.63) is 29.3 Å².